The summed E-state index contributed by atoms with van der Waals surface area (Å²) in [6.07, 6.45) is 6.98. The van der Waals surface area contributed by atoms with Crippen molar-refractivity contribution in [3.05, 3.63) is 0 Å². The first-order valence-electron chi connectivity index (χ1n) is 5.61. The van der Waals surface area contributed by atoms with E-state index in [-0.39, 0.29) is 18.4 Å². The lowest BCUT2D eigenvalue weighted by Gasteiger charge is -2.21. The average Bonchev–Trinajstić information content (AvgIpc) is 2.45. The van der Waals surface area contributed by atoms with E-state index in [0.717, 1.165) is 12.8 Å². The third kappa shape index (κ3) is 3.29. The van der Waals surface area contributed by atoms with Crippen molar-refractivity contribution in [3.63, 3.8) is 0 Å². The van der Waals surface area contributed by atoms with Crippen LogP contribution in [0.25, 0.3) is 0 Å². The van der Waals surface area contributed by atoms with Crippen molar-refractivity contribution in [2.45, 2.75) is 38.5 Å². The van der Waals surface area contributed by atoms with Gasteiger partial charge in [-0.3, -0.25) is 4.79 Å². The monoisotopic (exact) mass is 199 g/mol. The Bertz CT molecular complexity index is 174. The van der Waals surface area contributed by atoms with Gasteiger partial charge in [-0.05, 0) is 12.8 Å². The van der Waals surface area contributed by atoms with Crippen molar-refractivity contribution in [2.75, 3.05) is 20.2 Å². The van der Waals surface area contributed by atoms with Crippen LogP contribution in [0.1, 0.15) is 38.5 Å². The fourth-order valence-electron chi connectivity index (χ4n) is 2.10. The highest BCUT2D eigenvalue weighted by atomic mass is 16.3. The van der Waals surface area contributed by atoms with Crippen LogP contribution < -0.4 is 0 Å². The van der Waals surface area contributed by atoms with Crippen LogP contribution in [-0.2, 0) is 4.79 Å². The van der Waals surface area contributed by atoms with Gasteiger partial charge in [-0.1, -0.05) is 25.7 Å². The molecule has 0 aliphatic heterocycles. The highest BCUT2D eigenvalue weighted by Crippen LogP contribution is 2.24. The predicted octanol–water partition coefficient (Wildman–Crippen LogP) is 1.41. The minimum atomic E-state index is 0.0644. The Labute approximate surface area is 86.1 Å². The van der Waals surface area contributed by atoms with E-state index in [1.807, 2.05) is 0 Å². The van der Waals surface area contributed by atoms with E-state index in [1.165, 1.54) is 25.7 Å². The van der Waals surface area contributed by atoms with Crippen LogP contribution in [0.15, 0.2) is 0 Å². The number of aliphatic hydroxyl groups is 1. The largest absolute Gasteiger partial charge is 0.395 e. The number of amides is 1. The van der Waals surface area contributed by atoms with Crippen molar-refractivity contribution in [3.8, 4) is 0 Å². The van der Waals surface area contributed by atoms with E-state index in [0.29, 0.717) is 6.54 Å². The molecule has 0 aromatic carbocycles. The summed E-state index contributed by atoms with van der Waals surface area (Å²) in [5.74, 6) is 0.440. The maximum absolute atomic E-state index is 11.9. The van der Waals surface area contributed by atoms with Crippen molar-refractivity contribution >= 4 is 5.91 Å². The molecular weight excluding hydrogens is 178 g/mol. The molecule has 1 fully saturated rings. The standard InChI is InChI=1S/C11H21NO2/c1-12(8-9-13)11(14)10-6-4-2-3-5-7-10/h10,13H,2-9H2,1H3. The Morgan fingerprint density at radius 3 is 2.36 bits per heavy atom. The SMILES string of the molecule is CN(CCO)C(=O)C1CCCCCC1. The summed E-state index contributed by atoms with van der Waals surface area (Å²) in [5.41, 5.74) is 0. The molecule has 3 heteroatoms. The van der Waals surface area contributed by atoms with Gasteiger partial charge in [0.05, 0.1) is 6.61 Å². The van der Waals surface area contributed by atoms with Crippen LogP contribution in [0.2, 0.25) is 0 Å². The van der Waals surface area contributed by atoms with Crippen LogP contribution >= 0.6 is 0 Å². The zero-order chi connectivity index (χ0) is 10.4. The van der Waals surface area contributed by atoms with Gasteiger partial charge in [-0.25, -0.2) is 0 Å². The van der Waals surface area contributed by atoms with Gasteiger partial charge in [0.25, 0.3) is 0 Å². The number of carbonyl (C=O) groups excluding carboxylic acids is 1. The summed E-state index contributed by atoms with van der Waals surface area (Å²) < 4.78 is 0. The van der Waals surface area contributed by atoms with E-state index >= 15 is 0 Å². The molecule has 0 aromatic heterocycles. The summed E-state index contributed by atoms with van der Waals surface area (Å²) in [6, 6.07) is 0. The molecule has 0 saturated heterocycles. The lowest BCUT2D eigenvalue weighted by Crippen LogP contribution is -2.34. The molecule has 1 aliphatic carbocycles. The summed E-state index contributed by atoms with van der Waals surface area (Å²) in [7, 11) is 1.78. The van der Waals surface area contributed by atoms with Crippen LogP contribution in [0, 0.1) is 5.92 Å². The molecule has 82 valence electrons. The van der Waals surface area contributed by atoms with E-state index < -0.39 is 0 Å². The minimum absolute atomic E-state index is 0.0644. The van der Waals surface area contributed by atoms with Crippen LogP contribution in [0.5, 0.6) is 0 Å². The minimum Gasteiger partial charge on any atom is -0.395 e. The third-order valence-electron chi connectivity index (χ3n) is 3.02. The fourth-order valence-corrected chi connectivity index (χ4v) is 2.10. The van der Waals surface area contributed by atoms with Gasteiger partial charge in [-0.15, -0.1) is 0 Å². The topological polar surface area (TPSA) is 40.5 Å². The number of hydrogen-bond acceptors (Lipinski definition) is 2. The first-order valence-corrected chi connectivity index (χ1v) is 5.61. The normalized spacial score (nSPS) is 19.0. The molecule has 3 nitrogen and oxygen atoms in total. The molecule has 1 N–H and O–H groups in total. The quantitative estimate of drug-likeness (QED) is 0.698. The van der Waals surface area contributed by atoms with E-state index in [9.17, 15) is 4.79 Å². The van der Waals surface area contributed by atoms with Gasteiger partial charge < -0.3 is 10.0 Å². The van der Waals surface area contributed by atoms with Crippen LogP contribution in [-0.4, -0.2) is 36.1 Å². The predicted molar refractivity (Wildman–Crippen MR) is 55.9 cm³/mol. The lowest BCUT2D eigenvalue weighted by molar-refractivity contribution is -0.135. The van der Waals surface area contributed by atoms with Crippen molar-refractivity contribution in [1.82, 2.24) is 4.90 Å². The van der Waals surface area contributed by atoms with E-state index in [1.54, 1.807) is 11.9 Å². The zero-order valence-corrected chi connectivity index (χ0v) is 9.04. The molecule has 0 aromatic rings. The van der Waals surface area contributed by atoms with Gasteiger partial charge in [0.2, 0.25) is 5.91 Å². The number of likely N-dealkylation sites (N-methyl/N-ethyl adjacent to an activating group) is 1. The summed E-state index contributed by atoms with van der Waals surface area (Å²) in [4.78, 5) is 13.5. The highest BCUT2D eigenvalue weighted by Gasteiger charge is 2.22. The molecule has 0 heterocycles. The van der Waals surface area contributed by atoms with Gasteiger partial charge in [0.1, 0.15) is 0 Å². The summed E-state index contributed by atoms with van der Waals surface area (Å²) >= 11 is 0. The molecule has 0 spiro atoms. The molecular formula is C11H21NO2. The number of carbonyl (C=O) groups is 1. The van der Waals surface area contributed by atoms with Crippen molar-refractivity contribution in [2.24, 2.45) is 5.92 Å². The molecule has 0 unspecified atom stereocenters. The Morgan fingerprint density at radius 2 is 1.86 bits per heavy atom. The van der Waals surface area contributed by atoms with Gasteiger partial charge in [-0.2, -0.15) is 0 Å². The van der Waals surface area contributed by atoms with Crippen molar-refractivity contribution in [1.29, 1.82) is 0 Å². The highest BCUT2D eigenvalue weighted by molar-refractivity contribution is 5.78. The van der Waals surface area contributed by atoms with Crippen LogP contribution in [0.3, 0.4) is 0 Å². The summed E-state index contributed by atoms with van der Waals surface area (Å²) in [6.45, 7) is 0.532. The molecule has 0 bridgehead atoms. The summed E-state index contributed by atoms with van der Waals surface area (Å²) in [5, 5.41) is 8.75. The molecule has 1 amide bonds. The van der Waals surface area contributed by atoms with Crippen LogP contribution in [0.4, 0.5) is 0 Å². The molecule has 1 aliphatic rings. The molecule has 14 heavy (non-hydrogen) atoms. The molecule has 1 rings (SSSR count). The maximum Gasteiger partial charge on any atom is 0.225 e. The number of rotatable bonds is 3. The van der Waals surface area contributed by atoms with Gasteiger partial charge in [0.15, 0.2) is 0 Å². The van der Waals surface area contributed by atoms with Crippen molar-refractivity contribution < 1.29 is 9.90 Å². The zero-order valence-electron chi connectivity index (χ0n) is 9.04. The fraction of sp³-hybridized carbons (Fsp3) is 0.909. The number of nitrogens with zero attached hydrogens (tertiary/aromatic N) is 1. The molecule has 0 radical (unpaired) electrons. The van der Waals surface area contributed by atoms with E-state index in [4.69, 9.17) is 5.11 Å². The Hall–Kier alpha value is -0.570. The Morgan fingerprint density at radius 1 is 1.29 bits per heavy atom. The average molecular weight is 199 g/mol. The third-order valence-corrected chi connectivity index (χ3v) is 3.02. The Balaban J connectivity index is 2.40. The van der Waals surface area contributed by atoms with Gasteiger partial charge >= 0.3 is 0 Å². The Kier molecular flexibility index (Phi) is 4.94. The first kappa shape index (κ1) is 11.5. The number of aliphatic hydroxyl groups excluding tert-OH is 1. The maximum atomic E-state index is 11.9. The number of hydrogen-bond donors (Lipinski definition) is 1. The molecule has 1 saturated carbocycles. The first-order chi connectivity index (χ1) is 6.75. The lowest BCUT2D eigenvalue weighted by atomic mass is 9.99. The van der Waals surface area contributed by atoms with Gasteiger partial charge in [0, 0.05) is 19.5 Å². The molecule has 0 atom stereocenters. The second kappa shape index (κ2) is 6.02. The second-order valence-corrected chi connectivity index (χ2v) is 4.17. The smallest absolute Gasteiger partial charge is 0.225 e. The van der Waals surface area contributed by atoms with E-state index in [2.05, 4.69) is 0 Å². The second-order valence-electron chi connectivity index (χ2n) is 4.17.